The normalized spacial score (nSPS) is 26.2. The van der Waals surface area contributed by atoms with Gasteiger partial charge >= 0.3 is 0 Å². The molecule has 1 N–H and O–H groups in total. The molecule has 4 heteroatoms. The van der Waals surface area contributed by atoms with Gasteiger partial charge in [-0.25, -0.2) is 9.67 Å². The van der Waals surface area contributed by atoms with Crippen LogP contribution < -0.4 is 5.32 Å². The van der Waals surface area contributed by atoms with Crippen LogP contribution >= 0.6 is 0 Å². The van der Waals surface area contributed by atoms with Gasteiger partial charge in [-0.1, -0.05) is 6.92 Å². The summed E-state index contributed by atoms with van der Waals surface area (Å²) in [6, 6.07) is 0.976. The number of rotatable bonds is 3. The summed E-state index contributed by atoms with van der Waals surface area (Å²) in [6.45, 7) is 7.77. The molecular weight excluding hydrogens is 200 g/mol. The maximum absolute atomic E-state index is 4.37. The highest BCUT2D eigenvalue weighted by molar-refractivity contribution is 4.93. The standard InChI is InChI=1S/C12H22N4/c1-9(2)16-12(14-8-15-16)7-11-6-10(3)4-5-13-11/h8-11,13H,4-7H2,1-3H3. The Bertz CT molecular complexity index is 332. The van der Waals surface area contributed by atoms with Crippen LogP contribution in [0.15, 0.2) is 6.33 Å². The minimum absolute atomic E-state index is 0.401. The number of hydrogen-bond acceptors (Lipinski definition) is 3. The first-order valence-electron chi connectivity index (χ1n) is 6.28. The lowest BCUT2D eigenvalue weighted by atomic mass is 9.92. The van der Waals surface area contributed by atoms with Gasteiger partial charge in [0, 0.05) is 18.5 Å². The van der Waals surface area contributed by atoms with Crippen molar-refractivity contribution in [1.82, 2.24) is 20.1 Å². The van der Waals surface area contributed by atoms with Crippen LogP contribution in [0.5, 0.6) is 0 Å². The summed E-state index contributed by atoms with van der Waals surface area (Å²) in [5, 5.41) is 7.85. The van der Waals surface area contributed by atoms with E-state index in [0.717, 1.165) is 24.7 Å². The van der Waals surface area contributed by atoms with Crippen molar-refractivity contribution in [2.45, 2.75) is 52.1 Å². The molecule has 16 heavy (non-hydrogen) atoms. The SMILES string of the molecule is CC1CCNC(Cc2ncnn2C(C)C)C1. The zero-order chi connectivity index (χ0) is 11.5. The molecule has 2 rings (SSSR count). The van der Waals surface area contributed by atoms with E-state index in [1.807, 2.05) is 4.68 Å². The fourth-order valence-corrected chi connectivity index (χ4v) is 2.45. The Morgan fingerprint density at radius 1 is 1.56 bits per heavy atom. The Balaban J connectivity index is 2.00. The molecule has 0 aromatic carbocycles. The smallest absolute Gasteiger partial charge is 0.138 e. The quantitative estimate of drug-likeness (QED) is 0.848. The van der Waals surface area contributed by atoms with E-state index in [2.05, 4.69) is 36.2 Å². The molecule has 0 radical (unpaired) electrons. The van der Waals surface area contributed by atoms with Crippen LogP contribution in [0.3, 0.4) is 0 Å². The van der Waals surface area contributed by atoms with Crippen molar-refractivity contribution < 1.29 is 0 Å². The second-order valence-corrected chi connectivity index (χ2v) is 5.20. The second kappa shape index (κ2) is 4.95. The molecule has 2 atom stereocenters. The second-order valence-electron chi connectivity index (χ2n) is 5.20. The number of nitrogens with one attached hydrogen (secondary N) is 1. The predicted molar refractivity (Wildman–Crippen MR) is 64.3 cm³/mol. The lowest BCUT2D eigenvalue weighted by Crippen LogP contribution is -2.39. The van der Waals surface area contributed by atoms with Gasteiger partial charge in [-0.15, -0.1) is 0 Å². The zero-order valence-corrected chi connectivity index (χ0v) is 10.5. The van der Waals surface area contributed by atoms with Crippen molar-refractivity contribution in [2.75, 3.05) is 6.54 Å². The van der Waals surface area contributed by atoms with Crippen LogP contribution in [0.4, 0.5) is 0 Å². The molecule has 1 fully saturated rings. The van der Waals surface area contributed by atoms with Gasteiger partial charge in [-0.3, -0.25) is 0 Å². The van der Waals surface area contributed by atoms with Crippen molar-refractivity contribution in [3.8, 4) is 0 Å². The van der Waals surface area contributed by atoms with Crippen molar-refractivity contribution in [3.63, 3.8) is 0 Å². The highest BCUT2D eigenvalue weighted by atomic mass is 15.3. The third kappa shape index (κ3) is 2.61. The highest BCUT2D eigenvalue weighted by Gasteiger charge is 2.20. The third-order valence-electron chi connectivity index (χ3n) is 3.32. The van der Waals surface area contributed by atoms with E-state index in [-0.39, 0.29) is 0 Å². The minimum atomic E-state index is 0.401. The molecule has 1 saturated heterocycles. The van der Waals surface area contributed by atoms with E-state index < -0.39 is 0 Å². The summed E-state index contributed by atoms with van der Waals surface area (Å²) in [7, 11) is 0. The molecule has 4 nitrogen and oxygen atoms in total. The number of nitrogens with zero attached hydrogens (tertiary/aromatic N) is 3. The van der Waals surface area contributed by atoms with E-state index in [0.29, 0.717) is 12.1 Å². The molecule has 90 valence electrons. The lowest BCUT2D eigenvalue weighted by molar-refractivity contribution is 0.311. The van der Waals surface area contributed by atoms with E-state index in [1.165, 1.54) is 12.8 Å². The fraction of sp³-hybridized carbons (Fsp3) is 0.833. The first-order chi connectivity index (χ1) is 7.66. The molecule has 2 heterocycles. The van der Waals surface area contributed by atoms with Gasteiger partial charge < -0.3 is 5.32 Å². The average Bonchev–Trinajstić information content (AvgIpc) is 2.66. The molecule has 0 saturated carbocycles. The van der Waals surface area contributed by atoms with Crippen molar-refractivity contribution in [3.05, 3.63) is 12.2 Å². The number of aromatic nitrogens is 3. The first-order valence-corrected chi connectivity index (χ1v) is 6.28. The average molecular weight is 222 g/mol. The Morgan fingerprint density at radius 3 is 3.06 bits per heavy atom. The Kier molecular flexibility index (Phi) is 3.59. The summed E-state index contributed by atoms with van der Waals surface area (Å²) in [4.78, 5) is 4.37. The summed E-state index contributed by atoms with van der Waals surface area (Å²) in [5.74, 6) is 1.95. The van der Waals surface area contributed by atoms with Gasteiger partial charge in [0.05, 0.1) is 0 Å². The van der Waals surface area contributed by atoms with Gasteiger partial charge in [-0.2, -0.15) is 5.10 Å². The largest absolute Gasteiger partial charge is 0.314 e. The third-order valence-corrected chi connectivity index (χ3v) is 3.32. The maximum Gasteiger partial charge on any atom is 0.138 e. The summed E-state index contributed by atoms with van der Waals surface area (Å²) < 4.78 is 2.03. The van der Waals surface area contributed by atoms with Crippen molar-refractivity contribution >= 4 is 0 Å². The van der Waals surface area contributed by atoms with Crippen molar-refractivity contribution in [1.29, 1.82) is 0 Å². The predicted octanol–water partition coefficient (Wildman–Crippen LogP) is 1.79. The summed E-state index contributed by atoms with van der Waals surface area (Å²) >= 11 is 0. The van der Waals surface area contributed by atoms with Crippen LogP contribution in [-0.4, -0.2) is 27.4 Å². The Labute approximate surface area is 97.5 Å². The van der Waals surface area contributed by atoms with Gasteiger partial charge in [0.15, 0.2) is 0 Å². The molecule has 1 aromatic heterocycles. The van der Waals surface area contributed by atoms with Crippen LogP contribution in [-0.2, 0) is 6.42 Å². The van der Waals surface area contributed by atoms with E-state index in [4.69, 9.17) is 0 Å². The van der Waals surface area contributed by atoms with Crippen LogP contribution in [0.1, 0.15) is 45.5 Å². The maximum atomic E-state index is 4.37. The molecule has 1 aliphatic rings. The van der Waals surface area contributed by atoms with E-state index in [1.54, 1.807) is 6.33 Å². The summed E-state index contributed by atoms with van der Waals surface area (Å²) in [5.41, 5.74) is 0. The topological polar surface area (TPSA) is 42.7 Å². The van der Waals surface area contributed by atoms with Crippen LogP contribution in [0, 0.1) is 5.92 Å². The number of piperidine rings is 1. The molecule has 1 aromatic rings. The molecule has 0 spiro atoms. The van der Waals surface area contributed by atoms with Gasteiger partial charge in [-0.05, 0) is 39.2 Å². The molecular formula is C12H22N4. The zero-order valence-electron chi connectivity index (χ0n) is 10.5. The summed E-state index contributed by atoms with van der Waals surface area (Å²) in [6.07, 6.45) is 5.22. The molecule has 0 bridgehead atoms. The van der Waals surface area contributed by atoms with E-state index in [9.17, 15) is 0 Å². The first kappa shape index (κ1) is 11.6. The van der Waals surface area contributed by atoms with Gasteiger partial charge in [0.25, 0.3) is 0 Å². The van der Waals surface area contributed by atoms with Crippen LogP contribution in [0.25, 0.3) is 0 Å². The Morgan fingerprint density at radius 2 is 2.38 bits per heavy atom. The number of hydrogen-bond donors (Lipinski definition) is 1. The fourth-order valence-electron chi connectivity index (χ4n) is 2.45. The molecule has 0 amide bonds. The van der Waals surface area contributed by atoms with Gasteiger partial charge in [0.2, 0.25) is 0 Å². The Hall–Kier alpha value is -0.900. The van der Waals surface area contributed by atoms with E-state index >= 15 is 0 Å². The highest BCUT2D eigenvalue weighted by Crippen LogP contribution is 2.18. The molecule has 2 unspecified atom stereocenters. The van der Waals surface area contributed by atoms with Crippen LogP contribution in [0.2, 0.25) is 0 Å². The van der Waals surface area contributed by atoms with Gasteiger partial charge in [0.1, 0.15) is 12.2 Å². The monoisotopic (exact) mass is 222 g/mol. The van der Waals surface area contributed by atoms with Crippen molar-refractivity contribution in [2.24, 2.45) is 5.92 Å². The molecule has 1 aliphatic heterocycles. The molecule has 0 aliphatic carbocycles. The minimum Gasteiger partial charge on any atom is -0.314 e. The lowest BCUT2D eigenvalue weighted by Gasteiger charge is -2.28.